The maximum absolute atomic E-state index is 14.4. The fourth-order valence-corrected chi connectivity index (χ4v) is 9.04. The van der Waals surface area contributed by atoms with Gasteiger partial charge >= 0.3 is 12.1 Å². The maximum Gasteiger partial charge on any atom is 0.416 e. The Balaban J connectivity index is 1.32. The number of sulfonamides is 1. The van der Waals surface area contributed by atoms with Crippen molar-refractivity contribution in [3.63, 3.8) is 0 Å². The molecule has 0 bridgehead atoms. The second kappa shape index (κ2) is 15.8. The van der Waals surface area contributed by atoms with E-state index < -0.39 is 55.6 Å². The highest BCUT2D eigenvalue weighted by atomic mass is 32.2. The van der Waals surface area contributed by atoms with Gasteiger partial charge < -0.3 is 10.0 Å². The average molecular weight is 791 g/mol. The third kappa shape index (κ3) is 8.98. The number of hydrogen-bond acceptors (Lipinski definition) is 6. The lowest BCUT2D eigenvalue weighted by Crippen LogP contribution is -2.52. The predicted octanol–water partition coefficient (Wildman–Crippen LogP) is 7.43. The van der Waals surface area contributed by atoms with Crippen LogP contribution in [0.3, 0.4) is 0 Å². The number of amides is 1. The van der Waals surface area contributed by atoms with E-state index in [4.69, 9.17) is 0 Å². The summed E-state index contributed by atoms with van der Waals surface area (Å²) < 4.78 is 92.4. The summed E-state index contributed by atoms with van der Waals surface area (Å²) in [6, 6.07) is 30.1. The van der Waals surface area contributed by atoms with E-state index in [1.54, 1.807) is 24.3 Å². The zero-order chi connectivity index (χ0) is 39.5. The van der Waals surface area contributed by atoms with Crippen molar-refractivity contribution in [3.8, 4) is 22.3 Å². The summed E-state index contributed by atoms with van der Waals surface area (Å²) in [4.78, 5) is 28.4. The van der Waals surface area contributed by atoms with Crippen LogP contribution in [0.4, 0.5) is 13.2 Å². The zero-order valence-corrected chi connectivity index (χ0v) is 31.2. The molecule has 14 heteroatoms. The zero-order valence-electron chi connectivity index (χ0n) is 29.6. The lowest BCUT2D eigenvalue weighted by molar-refractivity contribution is -0.142. The van der Waals surface area contributed by atoms with E-state index in [0.29, 0.717) is 29.5 Å². The van der Waals surface area contributed by atoms with Gasteiger partial charge in [0.2, 0.25) is 10.0 Å². The number of carbonyl (C=O) groups is 2. The van der Waals surface area contributed by atoms with Crippen LogP contribution in [-0.2, 0) is 37.3 Å². The molecule has 1 amide bonds. The van der Waals surface area contributed by atoms with Crippen molar-refractivity contribution in [2.45, 2.75) is 47.3 Å². The number of sulfone groups is 1. The molecule has 9 nitrogen and oxygen atoms in total. The van der Waals surface area contributed by atoms with Crippen molar-refractivity contribution >= 4 is 31.7 Å². The van der Waals surface area contributed by atoms with Crippen LogP contribution in [-0.4, -0.2) is 74.5 Å². The molecule has 55 heavy (non-hydrogen) atoms. The highest BCUT2D eigenvalue weighted by Crippen LogP contribution is 2.32. The van der Waals surface area contributed by atoms with Gasteiger partial charge in [-0.25, -0.2) is 21.6 Å². The lowest BCUT2D eigenvalue weighted by Gasteiger charge is -2.34. The number of alkyl halides is 3. The van der Waals surface area contributed by atoms with Gasteiger partial charge in [0.15, 0.2) is 9.84 Å². The number of hydrogen-bond donors (Lipinski definition) is 1. The van der Waals surface area contributed by atoms with Crippen LogP contribution in [0.15, 0.2) is 137 Å². The van der Waals surface area contributed by atoms with Gasteiger partial charge in [0.05, 0.1) is 15.4 Å². The van der Waals surface area contributed by atoms with Crippen LogP contribution in [0.5, 0.6) is 0 Å². The fraction of sp³-hybridized carbons (Fsp3) is 0.220. The molecule has 1 heterocycles. The summed E-state index contributed by atoms with van der Waals surface area (Å²) >= 11 is 0. The number of nitrogens with zero attached hydrogens (tertiary/aromatic N) is 2. The minimum Gasteiger partial charge on any atom is -0.480 e. The molecule has 1 saturated heterocycles. The van der Waals surface area contributed by atoms with E-state index >= 15 is 0 Å². The largest absolute Gasteiger partial charge is 0.480 e. The summed E-state index contributed by atoms with van der Waals surface area (Å²) in [6.45, 7) is -0.164. The van der Waals surface area contributed by atoms with E-state index in [9.17, 15) is 44.7 Å². The molecule has 0 saturated carbocycles. The Kier molecular flexibility index (Phi) is 11.3. The van der Waals surface area contributed by atoms with Gasteiger partial charge in [-0.3, -0.25) is 4.79 Å². The Morgan fingerprint density at radius 3 is 1.78 bits per heavy atom. The average Bonchev–Trinajstić information content (AvgIpc) is 3.65. The van der Waals surface area contributed by atoms with E-state index in [1.165, 1.54) is 57.7 Å². The summed E-state index contributed by atoms with van der Waals surface area (Å²) in [7, 11) is -7.77. The van der Waals surface area contributed by atoms with Crippen molar-refractivity contribution in [3.05, 3.63) is 144 Å². The topological polar surface area (TPSA) is 129 Å². The Labute approximate surface area is 317 Å². The minimum atomic E-state index is -4.50. The van der Waals surface area contributed by atoms with E-state index in [2.05, 4.69) is 0 Å². The molecule has 0 aliphatic carbocycles. The third-order valence-electron chi connectivity index (χ3n) is 9.68. The first kappa shape index (κ1) is 39.4. The van der Waals surface area contributed by atoms with Gasteiger partial charge in [-0.15, -0.1) is 0 Å². The summed E-state index contributed by atoms with van der Waals surface area (Å²) in [5.74, 6) is -1.97. The summed E-state index contributed by atoms with van der Waals surface area (Å²) in [6.07, 6.45) is -2.81. The van der Waals surface area contributed by atoms with E-state index in [-0.39, 0.29) is 34.9 Å². The van der Waals surface area contributed by atoms with Gasteiger partial charge in [-0.2, -0.15) is 17.5 Å². The van der Waals surface area contributed by atoms with Gasteiger partial charge in [0.1, 0.15) is 6.04 Å². The summed E-state index contributed by atoms with van der Waals surface area (Å²) in [5, 5.41) is 10.6. The van der Waals surface area contributed by atoms with Crippen LogP contribution in [0, 0.1) is 0 Å². The number of carbonyl (C=O) groups excluding carboxylic acids is 1. The molecule has 1 aliphatic heterocycles. The molecule has 5 aromatic rings. The molecule has 1 aliphatic rings. The Morgan fingerprint density at radius 2 is 1.25 bits per heavy atom. The molecule has 286 valence electrons. The molecule has 2 unspecified atom stereocenters. The highest BCUT2D eigenvalue weighted by molar-refractivity contribution is 7.90. The molecule has 2 atom stereocenters. The number of carboxylic acids is 1. The first-order chi connectivity index (χ1) is 26.0. The predicted molar refractivity (Wildman–Crippen MR) is 201 cm³/mol. The monoisotopic (exact) mass is 790 g/mol. The molecular formula is C41H37F3N2O7S2. The number of carboxylic acid groups (broad SMARTS) is 1. The molecular weight excluding hydrogens is 754 g/mol. The maximum atomic E-state index is 14.4. The number of aliphatic carboxylic acids is 1. The second-order valence-corrected chi connectivity index (χ2v) is 17.3. The molecule has 0 aromatic heterocycles. The van der Waals surface area contributed by atoms with Crippen LogP contribution in [0.1, 0.15) is 34.3 Å². The van der Waals surface area contributed by atoms with E-state index in [0.717, 1.165) is 29.5 Å². The number of halogens is 3. The van der Waals surface area contributed by atoms with Crippen LogP contribution in [0.2, 0.25) is 0 Å². The number of benzene rings is 5. The highest BCUT2D eigenvalue weighted by Gasteiger charge is 2.40. The van der Waals surface area contributed by atoms with Crippen LogP contribution >= 0.6 is 0 Å². The van der Waals surface area contributed by atoms with Crippen LogP contribution in [0.25, 0.3) is 22.3 Å². The molecule has 1 N–H and O–H groups in total. The molecule has 6 rings (SSSR count). The van der Waals surface area contributed by atoms with Gasteiger partial charge in [-0.1, -0.05) is 78.9 Å². The van der Waals surface area contributed by atoms with Crippen molar-refractivity contribution in [1.82, 2.24) is 9.21 Å². The van der Waals surface area contributed by atoms with E-state index in [1.807, 2.05) is 42.5 Å². The Morgan fingerprint density at radius 1 is 0.745 bits per heavy atom. The second-order valence-electron chi connectivity index (χ2n) is 13.4. The molecule has 0 spiro atoms. The third-order valence-corrected chi connectivity index (χ3v) is 12.8. The standard InChI is InChI=1S/C41H37F3N2O7S2/c1-54(50,51)36-21-23-37(24-22-36)55(52,53)46-25-5-8-35(46)27-45(38(40(48)49)26-28-9-11-30(12-10-28)29-6-3-2-4-7-29)39(47)33-15-13-31(14-16-33)32-17-19-34(20-18-32)41(42,43)44/h2-4,6-7,9-24,35,38H,5,8,25-27H2,1H3,(H,48,49). The molecule has 0 radical (unpaired) electrons. The fourth-order valence-electron chi connectivity index (χ4n) is 6.72. The minimum absolute atomic E-state index is 0.0494. The SMILES string of the molecule is CS(=O)(=O)c1ccc(S(=O)(=O)N2CCCC2CN(C(=O)c2ccc(-c3ccc(C(F)(F)F)cc3)cc2)C(Cc2ccc(-c3ccccc3)cc2)C(=O)O)cc1. The Hall–Kier alpha value is -5.31. The quantitative estimate of drug-likeness (QED) is 0.139. The number of rotatable bonds is 12. The molecule has 1 fully saturated rings. The smallest absolute Gasteiger partial charge is 0.416 e. The van der Waals surface area contributed by atoms with Crippen LogP contribution < -0.4 is 0 Å². The van der Waals surface area contributed by atoms with Gasteiger partial charge in [-0.05, 0) is 89.2 Å². The Bertz CT molecular complexity index is 2370. The van der Waals surface area contributed by atoms with Crippen molar-refractivity contribution in [1.29, 1.82) is 0 Å². The van der Waals surface area contributed by atoms with Crippen molar-refractivity contribution < 1.29 is 44.7 Å². The summed E-state index contributed by atoms with van der Waals surface area (Å²) in [5.41, 5.74) is 2.81. The van der Waals surface area contributed by atoms with Gasteiger partial charge in [0, 0.05) is 37.4 Å². The lowest BCUT2D eigenvalue weighted by atomic mass is 9.98. The van der Waals surface area contributed by atoms with Crippen molar-refractivity contribution in [2.75, 3.05) is 19.3 Å². The normalized spacial score (nSPS) is 15.7. The van der Waals surface area contributed by atoms with Crippen molar-refractivity contribution in [2.24, 2.45) is 0 Å². The first-order valence-electron chi connectivity index (χ1n) is 17.3. The van der Waals surface area contributed by atoms with Gasteiger partial charge in [0.25, 0.3) is 5.91 Å². The molecule has 5 aromatic carbocycles. The first-order valence-corrected chi connectivity index (χ1v) is 20.6.